The van der Waals surface area contributed by atoms with Crippen LogP contribution in [0.25, 0.3) is 0 Å². The van der Waals surface area contributed by atoms with Crippen molar-refractivity contribution in [1.82, 2.24) is 0 Å². The van der Waals surface area contributed by atoms with E-state index in [1.54, 1.807) is 12.1 Å². The molecule has 1 aliphatic rings. The summed E-state index contributed by atoms with van der Waals surface area (Å²) in [7, 11) is 0. The standard InChI is InChI=1S/C20H24N4O4.2ClH/c21-7-1-9-23-11-3-4-12(24-10-2-8-22)16-15(11)19(27)17-13(25)5-6-14(26)18(17)20(16)28;;/h3-6,23-26H,1-2,7-10,21-22H2;2*1H. The molecule has 2 aromatic carbocycles. The van der Waals surface area contributed by atoms with Gasteiger partial charge in [-0.3, -0.25) is 9.59 Å². The first-order valence-electron chi connectivity index (χ1n) is 9.20. The van der Waals surface area contributed by atoms with E-state index < -0.39 is 11.6 Å². The van der Waals surface area contributed by atoms with Crippen LogP contribution in [0, 0.1) is 0 Å². The largest absolute Gasteiger partial charge is 0.507 e. The Morgan fingerprint density at radius 2 is 1.03 bits per heavy atom. The van der Waals surface area contributed by atoms with Crippen LogP contribution in [0.1, 0.15) is 44.7 Å². The lowest BCUT2D eigenvalue weighted by atomic mass is 9.81. The number of benzene rings is 2. The highest BCUT2D eigenvalue weighted by molar-refractivity contribution is 6.33. The zero-order valence-corrected chi connectivity index (χ0v) is 17.9. The van der Waals surface area contributed by atoms with E-state index in [1.807, 2.05) is 0 Å². The number of carbonyl (C=O) groups is 2. The number of anilines is 2. The normalized spacial score (nSPS) is 11.7. The molecule has 2 aromatic rings. The molecule has 3 rings (SSSR count). The maximum absolute atomic E-state index is 13.2. The molecule has 8 N–H and O–H groups in total. The Kier molecular flexibility index (Phi) is 9.38. The number of halogens is 2. The van der Waals surface area contributed by atoms with Crippen molar-refractivity contribution in [3.8, 4) is 11.5 Å². The summed E-state index contributed by atoms with van der Waals surface area (Å²) in [5.41, 5.74) is 12.0. The van der Waals surface area contributed by atoms with Gasteiger partial charge in [0, 0.05) is 24.5 Å². The number of hydrogen-bond donors (Lipinski definition) is 6. The SMILES string of the molecule is Cl.Cl.NCCCNc1ccc(NCCCN)c2c1C(=O)c1c(O)ccc(O)c1C2=O. The highest BCUT2D eigenvalue weighted by Gasteiger charge is 2.37. The van der Waals surface area contributed by atoms with Crippen LogP contribution in [-0.2, 0) is 0 Å². The average Bonchev–Trinajstić information content (AvgIpc) is 2.68. The fourth-order valence-corrected chi connectivity index (χ4v) is 3.31. The van der Waals surface area contributed by atoms with Gasteiger partial charge in [0.15, 0.2) is 0 Å². The quantitative estimate of drug-likeness (QED) is 0.223. The van der Waals surface area contributed by atoms with Crippen molar-refractivity contribution in [3.63, 3.8) is 0 Å². The van der Waals surface area contributed by atoms with Gasteiger partial charge >= 0.3 is 0 Å². The van der Waals surface area contributed by atoms with Crippen molar-refractivity contribution in [2.75, 3.05) is 36.8 Å². The lowest BCUT2D eigenvalue weighted by Crippen LogP contribution is -2.25. The van der Waals surface area contributed by atoms with Gasteiger partial charge in [0.05, 0.1) is 22.3 Å². The maximum Gasteiger partial charge on any atom is 0.200 e. The van der Waals surface area contributed by atoms with Crippen LogP contribution in [0.15, 0.2) is 24.3 Å². The van der Waals surface area contributed by atoms with Crippen molar-refractivity contribution in [2.45, 2.75) is 12.8 Å². The molecular weight excluding hydrogens is 431 g/mol. The number of hydrogen-bond acceptors (Lipinski definition) is 8. The molecule has 10 heteroatoms. The third-order valence-electron chi connectivity index (χ3n) is 4.67. The molecule has 0 aliphatic heterocycles. The van der Waals surface area contributed by atoms with Gasteiger partial charge in [-0.05, 0) is 50.2 Å². The van der Waals surface area contributed by atoms with Gasteiger partial charge in [-0.1, -0.05) is 0 Å². The Morgan fingerprint density at radius 1 is 0.667 bits per heavy atom. The van der Waals surface area contributed by atoms with Crippen molar-refractivity contribution < 1.29 is 19.8 Å². The summed E-state index contributed by atoms with van der Waals surface area (Å²) in [6.45, 7) is 2.03. The van der Waals surface area contributed by atoms with E-state index in [0.29, 0.717) is 50.4 Å². The lowest BCUT2D eigenvalue weighted by Gasteiger charge is -2.24. The molecular formula is C20H26Cl2N4O4. The summed E-state index contributed by atoms with van der Waals surface area (Å²) in [6, 6.07) is 5.84. The lowest BCUT2D eigenvalue weighted by molar-refractivity contribution is 0.0975. The minimum Gasteiger partial charge on any atom is -0.507 e. The third-order valence-corrected chi connectivity index (χ3v) is 4.67. The predicted octanol–water partition coefficient (Wildman–Crippen LogP) is 2.24. The molecule has 30 heavy (non-hydrogen) atoms. The van der Waals surface area contributed by atoms with Gasteiger partial charge in [-0.2, -0.15) is 0 Å². The number of carbonyl (C=O) groups excluding carboxylic acids is 2. The van der Waals surface area contributed by atoms with Crippen LogP contribution in [0.2, 0.25) is 0 Å². The van der Waals surface area contributed by atoms with Gasteiger partial charge in [0.2, 0.25) is 11.6 Å². The Hall–Kier alpha value is -2.52. The number of phenols is 2. The van der Waals surface area contributed by atoms with E-state index in [4.69, 9.17) is 11.5 Å². The van der Waals surface area contributed by atoms with Crippen molar-refractivity contribution >= 4 is 47.8 Å². The number of phenolic OH excluding ortho intramolecular Hbond substituents is 2. The fraction of sp³-hybridized carbons (Fsp3) is 0.300. The van der Waals surface area contributed by atoms with Crippen molar-refractivity contribution in [1.29, 1.82) is 0 Å². The number of aromatic hydroxyl groups is 2. The molecule has 0 saturated carbocycles. The second-order valence-electron chi connectivity index (χ2n) is 6.56. The summed E-state index contributed by atoms with van der Waals surface area (Å²) >= 11 is 0. The Bertz CT molecular complexity index is 864. The summed E-state index contributed by atoms with van der Waals surface area (Å²) in [4.78, 5) is 26.5. The second kappa shape index (κ2) is 11.0. The van der Waals surface area contributed by atoms with Crippen molar-refractivity contribution in [2.24, 2.45) is 11.5 Å². The first-order valence-corrected chi connectivity index (χ1v) is 9.20. The van der Waals surface area contributed by atoms with Crippen LogP contribution in [0.3, 0.4) is 0 Å². The summed E-state index contributed by atoms with van der Waals surface area (Å²) in [5.74, 6) is -1.72. The van der Waals surface area contributed by atoms with E-state index in [0.717, 1.165) is 0 Å². The summed E-state index contributed by atoms with van der Waals surface area (Å²) in [6.07, 6.45) is 1.38. The molecule has 1 aliphatic carbocycles. The first-order chi connectivity index (χ1) is 13.5. The van der Waals surface area contributed by atoms with Crippen LogP contribution in [0.4, 0.5) is 11.4 Å². The van der Waals surface area contributed by atoms with E-state index >= 15 is 0 Å². The Morgan fingerprint density at radius 3 is 1.37 bits per heavy atom. The van der Waals surface area contributed by atoms with Gasteiger partial charge in [-0.15, -0.1) is 24.8 Å². The molecule has 0 radical (unpaired) electrons. The number of nitrogens with two attached hydrogens (primary N) is 2. The van der Waals surface area contributed by atoms with Gasteiger partial charge in [0.25, 0.3) is 0 Å². The highest BCUT2D eigenvalue weighted by atomic mass is 35.5. The molecule has 0 aromatic heterocycles. The number of nitrogens with one attached hydrogen (secondary N) is 2. The van der Waals surface area contributed by atoms with Crippen LogP contribution in [0.5, 0.6) is 11.5 Å². The third kappa shape index (κ3) is 4.62. The van der Waals surface area contributed by atoms with E-state index in [2.05, 4.69) is 10.6 Å². The number of rotatable bonds is 8. The summed E-state index contributed by atoms with van der Waals surface area (Å²) < 4.78 is 0. The zero-order chi connectivity index (χ0) is 20.3. The van der Waals surface area contributed by atoms with E-state index in [1.165, 1.54) is 12.1 Å². The van der Waals surface area contributed by atoms with Crippen molar-refractivity contribution in [3.05, 3.63) is 46.5 Å². The fourth-order valence-electron chi connectivity index (χ4n) is 3.31. The molecule has 0 unspecified atom stereocenters. The van der Waals surface area contributed by atoms with Gasteiger partial charge in [-0.25, -0.2) is 0 Å². The van der Waals surface area contributed by atoms with E-state index in [9.17, 15) is 19.8 Å². The molecule has 0 fully saturated rings. The zero-order valence-electron chi connectivity index (χ0n) is 16.2. The number of fused-ring (bicyclic) bond motifs is 2. The molecule has 0 bridgehead atoms. The minimum atomic E-state index is -0.518. The average molecular weight is 457 g/mol. The molecule has 0 heterocycles. The molecule has 0 spiro atoms. The maximum atomic E-state index is 13.2. The molecule has 0 amide bonds. The minimum absolute atomic E-state index is 0. The number of ketones is 2. The highest BCUT2D eigenvalue weighted by Crippen LogP contribution is 2.42. The Labute approximate surface area is 186 Å². The summed E-state index contributed by atoms with van der Waals surface area (Å²) in [5, 5.41) is 26.7. The molecule has 8 nitrogen and oxygen atoms in total. The first kappa shape index (κ1) is 25.5. The Balaban J connectivity index is 0.00000225. The molecule has 164 valence electrons. The molecule has 0 atom stereocenters. The van der Waals surface area contributed by atoms with Crippen LogP contribution in [-0.4, -0.2) is 48.0 Å². The molecule has 0 saturated heterocycles. The monoisotopic (exact) mass is 456 g/mol. The predicted molar refractivity (Wildman–Crippen MR) is 122 cm³/mol. The second-order valence-corrected chi connectivity index (χ2v) is 6.56. The smallest absolute Gasteiger partial charge is 0.200 e. The topological polar surface area (TPSA) is 151 Å². The van der Waals surface area contributed by atoms with Gasteiger partial charge in [0.1, 0.15) is 11.5 Å². The van der Waals surface area contributed by atoms with Crippen LogP contribution >= 0.6 is 24.8 Å². The van der Waals surface area contributed by atoms with Crippen LogP contribution < -0.4 is 22.1 Å². The van der Waals surface area contributed by atoms with Gasteiger partial charge < -0.3 is 32.3 Å². The van der Waals surface area contributed by atoms with E-state index in [-0.39, 0.29) is 58.6 Å².